The van der Waals surface area contributed by atoms with Gasteiger partial charge in [-0.25, -0.2) is 4.98 Å². The van der Waals surface area contributed by atoms with Crippen LogP contribution >= 0.6 is 11.6 Å². The number of carbonyl (C=O) groups is 2. The van der Waals surface area contributed by atoms with Crippen molar-refractivity contribution in [3.05, 3.63) is 23.0 Å². The normalized spacial score (nSPS) is 11.9. The fourth-order valence-electron chi connectivity index (χ4n) is 1.30. The second kappa shape index (κ2) is 6.32. The topological polar surface area (TPSA) is 105 Å². The quantitative estimate of drug-likeness (QED) is 0.697. The zero-order valence-corrected chi connectivity index (χ0v) is 10.6. The number of halogens is 1. The smallest absolute Gasteiger partial charge is 0.303 e. The number of aromatic nitrogens is 1. The fourth-order valence-corrected chi connectivity index (χ4v) is 1.49. The predicted octanol–water partition coefficient (Wildman–Crippen LogP) is 1.17. The summed E-state index contributed by atoms with van der Waals surface area (Å²) in [5.41, 5.74) is 6.65. The van der Waals surface area contributed by atoms with Crippen LogP contribution in [0.15, 0.2) is 12.1 Å². The van der Waals surface area contributed by atoms with Gasteiger partial charge >= 0.3 is 5.97 Å². The van der Waals surface area contributed by atoms with E-state index in [2.05, 4.69) is 10.3 Å². The van der Waals surface area contributed by atoms with Crippen molar-refractivity contribution < 1.29 is 14.7 Å². The number of pyridine rings is 1. The molecule has 0 aliphatic heterocycles. The van der Waals surface area contributed by atoms with Crippen molar-refractivity contribution in [2.45, 2.75) is 25.8 Å². The molecule has 1 unspecified atom stereocenters. The van der Waals surface area contributed by atoms with E-state index in [1.807, 2.05) is 0 Å². The zero-order valence-electron chi connectivity index (χ0n) is 9.81. The van der Waals surface area contributed by atoms with Gasteiger partial charge in [-0.2, -0.15) is 0 Å². The van der Waals surface area contributed by atoms with Gasteiger partial charge < -0.3 is 16.2 Å². The molecule has 0 saturated heterocycles. The molecular formula is C11H14ClN3O3. The molecule has 6 nitrogen and oxygen atoms in total. The van der Waals surface area contributed by atoms with Crippen molar-refractivity contribution >= 4 is 29.2 Å². The Morgan fingerprint density at radius 3 is 2.78 bits per heavy atom. The maximum atomic E-state index is 11.7. The lowest BCUT2D eigenvalue weighted by molar-refractivity contribution is -0.137. The molecular weight excluding hydrogens is 258 g/mol. The summed E-state index contributed by atoms with van der Waals surface area (Å²) in [5, 5.41) is 11.4. The van der Waals surface area contributed by atoms with Gasteiger partial charge in [0.25, 0.3) is 0 Å². The van der Waals surface area contributed by atoms with Gasteiger partial charge in [-0.1, -0.05) is 11.6 Å². The van der Waals surface area contributed by atoms with Gasteiger partial charge in [-0.05, 0) is 25.5 Å². The van der Waals surface area contributed by atoms with E-state index in [-0.39, 0.29) is 12.8 Å². The third-order valence-electron chi connectivity index (χ3n) is 2.32. The molecule has 1 aromatic heterocycles. The number of carboxylic acids is 1. The van der Waals surface area contributed by atoms with Crippen molar-refractivity contribution in [2.24, 2.45) is 5.73 Å². The summed E-state index contributed by atoms with van der Waals surface area (Å²) in [5.74, 6) is -1.42. The molecule has 0 radical (unpaired) electrons. The lowest BCUT2D eigenvalue weighted by Crippen LogP contribution is -2.36. The van der Waals surface area contributed by atoms with E-state index in [0.717, 1.165) is 0 Å². The number of anilines is 1. The van der Waals surface area contributed by atoms with Crippen LogP contribution in [-0.2, 0) is 9.59 Å². The Morgan fingerprint density at radius 2 is 2.22 bits per heavy atom. The predicted molar refractivity (Wildman–Crippen MR) is 67.5 cm³/mol. The van der Waals surface area contributed by atoms with Crippen molar-refractivity contribution in [1.82, 2.24) is 4.98 Å². The van der Waals surface area contributed by atoms with Gasteiger partial charge in [0.1, 0.15) is 5.15 Å². The molecule has 4 N–H and O–H groups in total. The number of nitrogens with one attached hydrogen (secondary N) is 1. The number of aliphatic carboxylic acids is 1. The molecule has 98 valence electrons. The Hall–Kier alpha value is -1.66. The number of hydrogen-bond donors (Lipinski definition) is 3. The lowest BCUT2D eigenvalue weighted by atomic mass is 10.1. The van der Waals surface area contributed by atoms with Gasteiger partial charge in [-0.15, -0.1) is 0 Å². The summed E-state index contributed by atoms with van der Waals surface area (Å²) < 4.78 is 0. The Balaban J connectivity index is 2.61. The van der Waals surface area contributed by atoms with Crippen LogP contribution in [0.25, 0.3) is 0 Å². The zero-order chi connectivity index (χ0) is 13.7. The van der Waals surface area contributed by atoms with E-state index in [1.54, 1.807) is 19.1 Å². The molecule has 7 heteroatoms. The minimum absolute atomic E-state index is 0.0846. The van der Waals surface area contributed by atoms with E-state index in [9.17, 15) is 9.59 Å². The number of nitrogens with two attached hydrogens (primary N) is 1. The van der Waals surface area contributed by atoms with E-state index < -0.39 is 17.9 Å². The standard InChI is InChI=1S/C11H14ClN3O3/c1-6-8(3-4-9(12)14-6)15-11(18)7(13)2-5-10(16)17/h3-4,7H,2,5,13H2,1H3,(H,15,18)(H,16,17). The van der Waals surface area contributed by atoms with Crippen LogP contribution in [-0.4, -0.2) is 28.0 Å². The molecule has 1 aromatic rings. The number of carbonyl (C=O) groups excluding carboxylic acids is 1. The number of amides is 1. The number of rotatable bonds is 5. The Bertz CT molecular complexity index is 465. The van der Waals surface area contributed by atoms with E-state index in [1.165, 1.54) is 0 Å². The van der Waals surface area contributed by atoms with Gasteiger partial charge in [0, 0.05) is 6.42 Å². The molecule has 0 saturated carbocycles. The van der Waals surface area contributed by atoms with Gasteiger partial charge in [0.05, 0.1) is 17.4 Å². The van der Waals surface area contributed by atoms with Crippen LogP contribution in [0.4, 0.5) is 5.69 Å². The maximum absolute atomic E-state index is 11.7. The van der Waals surface area contributed by atoms with E-state index in [4.69, 9.17) is 22.4 Å². The second-order valence-electron chi connectivity index (χ2n) is 3.80. The number of carboxylic acid groups (broad SMARTS) is 1. The van der Waals surface area contributed by atoms with Crippen LogP contribution in [0.5, 0.6) is 0 Å². The summed E-state index contributed by atoms with van der Waals surface area (Å²) in [6, 6.07) is 2.30. The van der Waals surface area contributed by atoms with E-state index in [0.29, 0.717) is 16.5 Å². The second-order valence-corrected chi connectivity index (χ2v) is 4.18. The first-order chi connectivity index (χ1) is 8.40. The van der Waals surface area contributed by atoms with Crippen LogP contribution < -0.4 is 11.1 Å². The van der Waals surface area contributed by atoms with Crippen LogP contribution in [0.1, 0.15) is 18.5 Å². The molecule has 0 aliphatic carbocycles. The molecule has 1 amide bonds. The molecule has 0 aromatic carbocycles. The number of nitrogens with zero attached hydrogens (tertiary/aromatic N) is 1. The summed E-state index contributed by atoms with van der Waals surface area (Å²) in [4.78, 5) is 26.0. The lowest BCUT2D eigenvalue weighted by Gasteiger charge is -2.12. The van der Waals surface area contributed by atoms with Crippen molar-refractivity contribution in [2.75, 3.05) is 5.32 Å². The number of hydrogen-bond acceptors (Lipinski definition) is 4. The highest BCUT2D eigenvalue weighted by Crippen LogP contribution is 2.16. The fraction of sp³-hybridized carbons (Fsp3) is 0.364. The Morgan fingerprint density at radius 1 is 1.56 bits per heavy atom. The highest BCUT2D eigenvalue weighted by Gasteiger charge is 2.16. The molecule has 1 rings (SSSR count). The van der Waals surface area contributed by atoms with Gasteiger partial charge in [-0.3, -0.25) is 9.59 Å². The van der Waals surface area contributed by atoms with Crippen LogP contribution in [0.2, 0.25) is 5.15 Å². The third kappa shape index (κ3) is 4.31. The molecule has 1 heterocycles. The number of aryl methyl sites for hydroxylation is 1. The minimum atomic E-state index is -0.984. The monoisotopic (exact) mass is 271 g/mol. The SMILES string of the molecule is Cc1nc(Cl)ccc1NC(=O)C(N)CCC(=O)O. The molecule has 0 fully saturated rings. The molecule has 0 spiro atoms. The highest BCUT2D eigenvalue weighted by molar-refractivity contribution is 6.29. The summed E-state index contributed by atoms with van der Waals surface area (Å²) >= 11 is 5.69. The van der Waals surface area contributed by atoms with Crippen molar-refractivity contribution in [3.63, 3.8) is 0 Å². The minimum Gasteiger partial charge on any atom is -0.481 e. The molecule has 0 aliphatic rings. The molecule has 0 bridgehead atoms. The third-order valence-corrected chi connectivity index (χ3v) is 2.53. The van der Waals surface area contributed by atoms with E-state index >= 15 is 0 Å². The first kappa shape index (κ1) is 14.4. The first-order valence-corrected chi connectivity index (χ1v) is 5.69. The Kier molecular flexibility index (Phi) is 5.06. The van der Waals surface area contributed by atoms with Crippen LogP contribution in [0.3, 0.4) is 0 Å². The van der Waals surface area contributed by atoms with Gasteiger partial charge in [0.15, 0.2) is 0 Å². The average Bonchev–Trinajstić information content (AvgIpc) is 2.29. The Labute approximate surface area is 109 Å². The molecule has 18 heavy (non-hydrogen) atoms. The largest absolute Gasteiger partial charge is 0.481 e. The first-order valence-electron chi connectivity index (χ1n) is 5.31. The molecule has 1 atom stereocenters. The van der Waals surface area contributed by atoms with Crippen molar-refractivity contribution in [3.8, 4) is 0 Å². The highest BCUT2D eigenvalue weighted by atomic mass is 35.5. The average molecular weight is 272 g/mol. The maximum Gasteiger partial charge on any atom is 0.303 e. The van der Waals surface area contributed by atoms with Crippen LogP contribution in [0, 0.1) is 6.92 Å². The summed E-state index contributed by atoms with van der Waals surface area (Å²) in [7, 11) is 0. The van der Waals surface area contributed by atoms with Crippen molar-refractivity contribution in [1.29, 1.82) is 0 Å². The summed E-state index contributed by atoms with van der Waals surface area (Å²) in [6.45, 7) is 1.70. The summed E-state index contributed by atoms with van der Waals surface area (Å²) in [6.07, 6.45) is -0.0618. The van der Waals surface area contributed by atoms with Gasteiger partial charge in [0.2, 0.25) is 5.91 Å².